The molecule has 0 radical (unpaired) electrons. The molecular weight excluding hydrogens is 444 g/mol. The number of anilines is 1. The zero-order valence-corrected chi connectivity index (χ0v) is 19.0. The van der Waals surface area contributed by atoms with Crippen molar-refractivity contribution in [2.75, 3.05) is 5.32 Å². The van der Waals surface area contributed by atoms with Crippen LogP contribution in [-0.2, 0) is 19.6 Å². The Morgan fingerprint density at radius 3 is 2.30 bits per heavy atom. The van der Waals surface area contributed by atoms with E-state index in [9.17, 15) is 18.0 Å². The van der Waals surface area contributed by atoms with Gasteiger partial charge >= 0.3 is 5.97 Å². The maximum Gasteiger partial charge on any atom is 0.375 e. The summed E-state index contributed by atoms with van der Waals surface area (Å²) < 4.78 is 37.8. The third kappa shape index (κ3) is 5.68. The maximum atomic E-state index is 13.1. The molecule has 1 aromatic heterocycles. The van der Waals surface area contributed by atoms with Crippen molar-refractivity contribution in [1.82, 2.24) is 4.72 Å². The van der Waals surface area contributed by atoms with Crippen LogP contribution in [0.5, 0.6) is 0 Å². The molecule has 0 spiro atoms. The quantitative estimate of drug-likeness (QED) is 0.485. The highest BCUT2D eigenvalue weighted by molar-refractivity contribution is 7.89. The molecule has 1 aliphatic rings. The molecule has 2 N–H and O–H groups in total. The molecule has 1 amide bonds. The van der Waals surface area contributed by atoms with Crippen LogP contribution in [0.1, 0.15) is 46.2 Å². The zero-order valence-electron chi connectivity index (χ0n) is 18.2. The van der Waals surface area contributed by atoms with Gasteiger partial charge < -0.3 is 14.5 Å². The van der Waals surface area contributed by atoms with E-state index in [1.807, 2.05) is 32.0 Å². The van der Waals surface area contributed by atoms with E-state index < -0.39 is 28.0 Å². The van der Waals surface area contributed by atoms with E-state index in [0.717, 1.165) is 24.0 Å². The standard InChI is InChI=1S/C24H24N2O6S/c1-15-12-16(2)14-19(13-15)25-23(27)22(17-6-4-3-5-7-17)32-24(28)20-10-11-21(31-20)33(29,30)26-18-8-9-18/h3-7,10-14,18,22,26H,8-9H2,1-2H3,(H,25,27). The van der Waals surface area contributed by atoms with Crippen LogP contribution in [0.3, 0.4) is 0 Å². The van der Waals surface area contributed by atoms with Crippen molar-refractivity contribution in [3.63, 3.8) is 0 Å². The van der Waals surface area contributed by atoms with Crippen molar-refractivity contribution >= 4 is 27.6 Å². The second-order valence-corrected chi connectivity index (χ2v) is 9.72. The molecule has 1 unspecified atom stereocenters. The Balaban J connectivity index is 1.54. The first-order chi connectivity index (χ1) is 15.7. The first-order valence-corrected chi connectivity index (χ1v) is 12.0. The molecule has 1 fully saturated rings. The summed E-state index contributed by atoms with van der Waals surface area (Å²) in [5.41, 5.74) is 2.99. The van der Waals surface area contributed by atoms with Gasteiger partial charge in [0.1, 0.15) is 0 Å². The molecule has 1 atom stereocenters. The van der Waals surface area contributed by atoms with Crippen LogP contribution >= 0.6 is 0 Å². The second kappa shape index (κ2) is 9.21. The number of benzene rings is 2. The minimum atomic E-state index is -3.86. The average molecular weight is 469 g/mol. The molecule has 1 heterocycles. The SMILES string of the molecule is Cc1cc(C)cc(NC(=O)C(OC(=O)c2ccc(S(=O)(=O)NC3CC3)o2)c2ccccc2)c1. The Hall–Kier alpha value is -3.43. The highest BCUT2D eigenvalue weighted by atomic mass is 32.2. The molecule has 1 saturated carbocycles. The second-order valence-electron chi connectivity index (χ2n) is 8.08. The third-order valence-corrected chi connectivity index (χ3v) is 6.39. The summed E-state index contributed by atoms with van der Waals surface area (Å²) in [6, 6.07) is 16.5. The summed E-state index contributed by atoms with van der Waals surface area (Å²) in [5.74, 6) is -1.81. The number of amides is 1. The van der Waals surface area contributed by atoms with E-state index >= 15 is 0 Å². The Bertz CT molecular complexity index is 1260. The molecule has 33 heavy (non-hydrogen) atoms. The summed E-state index contributed by atoms with van der Waals surface area (Å²) in [6.45, 7) is 3.83. The topological polar surface area (TPSA) is 115 Å². The largest absolute Gasteiger partial charge is 0.441 e. The molecular formula is C24H24N2O6S. The predicted octanol–water partition coefficient (Wildman–Crippen LogP) is 3.87. The lowest BCUT2D eigenvalue weighted by Gasteiger charge is -2.18. The molecule has 9 heteroatoms. The lowest BCUT2D eigenvalue weighted by molar-refractivity contribution is -0.125. The normalized spacial score (nSPS) is 14.5. The van der Waals surface area contributed by atoms with E-state index in [-0.39, 0.29) is 16.9 Å². The van der Waals surface area contributed by atoms with E-state index in [1.54, 1.807) is 30.3 Å². The van der Waals surface area contributed by atoms with Crippen LogP contribution in [0.2, 0.25) is 0 Å². The first-order valence-electron chi connectivity index (χ1n) is 10.5. The van der Waals surface area contributed by atoms with E-state index in [4.69, 9.17) is 9.15 Å². The van der Waals surface area contributed by atoms with Crippen molar-refractivity contribution < 1.29 is 27.2 Å². The van der Waals surface area contributed by atoms with Crippen molar-refractivity contribution in [2.45, 2.75) is 43.9 Å². The summed E-state index contributed by atoms with van der Waals surface area (Å²) >= 11 is 0. The fraction of sp³-hybridized carbons (Fsp3) is 0.250. The van der Waals surface area contributed by atoms with Gasteiger partial charge in [0, 0.05) is 17.3 Å². The summed E-state index contributed by atoms with van der Waals surface area (Å²) in [4.78, 5) is 25.8. The third-order valence-electron chi connectivity index (χ3n) is 5.00. The van der Waals surface area contributed by atoms with Crippen molar-refractivity contribution in [1.29, 1.82) is 0 Å². The van der Waals surface area contributed by atoms with Gasteiger partial charge in [-0.25, -0.2) is 17.9 Å². The molecule has 172 valence electrons. The van der Waals surface area contributed by atoms with Crippen LogP contribution in [0, 0.1) is 13.8 Å². The van der Waals surface area contributed by atoms with Crippen LogP contribution in [-0.4, -0.2) is 26.3 Å². The van der Waals surface area contributed by atoms with Crippen molar-refractivity contribution in [3.05, 3.63) is 83.1 Å². The van der Waals surface area contributed by atoms with E-state index in [1.165, 1.54) is 12.1 Å². The molecule has 0 bridgehead atoms. The number of furan rings is 1. The molecule has 8 nitrogen and oxygen atoms in total. The summed E-state index contributed by atoms with van der Waals surface area (Å²) in [6.07, 6.45) is 0.265. The lowest BCUT2D eigenvalue weighted by Crippen LogP contribution is -2.26. The Labute approximate surface area is 192 Å². The van der Waals surface area contributed by atoms with Gasteiger partial charge in [0.05, 0.1) is 0 Å². The molecule has 4 rings (SSSR count). The Morgan fingerprint density at radius 2 is 1.67 bits per heavy atom. The Morgan fingerprint density at radius 1 is 1.00 bits per heavy atom. The smallest absolute Gasteiger partial charge is 0.375 e. The fourth-order valence-electron chi connectivity index (χ4n) is 3.37. The monoisotopic (exact) mass is 468 g/mol. The highest BCUT2D eigenvalue weighted by Crippen LogP contribution is 2.26. The number of sulfonamides is 1. The minimum Gasteiger partial charge on any atom is -0.441 e. The number of hydrogen-bond acceptors (Lipinski definition) is 6. The van der Waals surface area contributed by atoms with Crippen LogP contribution < -0.4 is 10.0 Å². The van der Waals surface area contributed by atoms with Gasteiger partial charge in [-0.15, -0.1) is 0 Å². The maximum absolute atomic E-state index is 13.1. The number of hydrogen-bond donors (Lipinski definition) is 2. The molecule has 3 aromatic rings. The first kappa shape index (κ1) is 22.8. The lowest BCUT2D eigenvalue weighted by atomic mass is 10.1. The summed E-state index contributed by atoms with van der Waals surface area (Å²) in [5, 5.41) is 2.41. The fourth-order valence-corrected chi connectivity index (χ4v) is 4.61. The van der Waals surface area contributed by atoms with Crippen molar-refractivity contribution in [3.8, 4) is 0 Å². The predicted molar refractivity (Wildman–Crippen MR) is 121 cm³/mol. The molecule has 0 aliphatic heterocycles. The van der Waals surface area contributed by atoms with Gasteiger partial charge in [0.15, 0.2) is 0 Å². The number of rotatable bonds is 8. The number of carbonyl (C=O) groups excluding carboxylic acids is 2. The Kier molecular flexibility index (Phi) is 6.35. The van der Waals surface area contributed by atoms with Crippen LogP contribution in [0.4, 0.5) is 5.69 Å². The van der Waals surface area contributed by atoms with Gasteiger partial charge in [0.25, 0.3) is 15.9 Å². The molecule has 2 aromatic carbocycles. The van der Waals surface area contributed by atoms with Crippen LogP contribution in [0.25, 0.3) is 0 Å². The number of esters is 1. The number of ether oxygens (including phenoxy) is 1. The van der Waals surface area contributed by atoms with E-state index in [0.29, 0.717) is 11.3 Å². The molecule has 0 saturated heterocycles. The molecule has 1 aliphatic carbocycles. The summed E-state index contributed by atoms with van der Waals surface area (Å²) in [7, 11) is -3.86. The van der Waals surface area contributed by atoms with Gasteiger partial charge in [-0.05, 0) is 62.1 Å². The highest BCUT2D eigenvalue weighted by Gasteiger charge is 2.32. The number of aryl methyl sites for hydroxylation is 2. The van der Waals surface area contributed by atoms with Gasteiger partial charge in [0.2, 0.25) is 17.0 Å². The van der Waals surface area contributed by atoms with Crippen molar-refractivity contribution in [2.24, 2.45) is 0 Å². The van der Waals surface area contributed by atoms with Gasteiger partial charge in [-0.3, -0.25) is 4.79 Å². The minimum absolute atomic E-state index is 0.105. The number of carbonyl (C=O) groups is 2. The van der Waals surface area contributed by atoms with Gasteiger partial charge in [-0.2, -0.15) is 0 Å². The average Bonchev–Trinajstić information content (AvgIpc) is 3.40. The van der Waals surface area contributed by atoms with E-state index in [2.05, 4.69) is 10.0 Å². The number of nitrogens with one attached hydrogen (secondary N) is 2. The van der Waals surface area contributed by atoms with Crippen LogP contribution in [0.15, 0.2) is 70.2 Å². The zero-order chi connectivity index (χ0) is 23.6. The van der Waals surface area contributed by atoms with Gasteiger partial charge in [-0.1, -0.05) is 36.4 Å².